The minimum Gasteiger partial charge on any atom is -0.207 e. The van der Waals surface area contributed by atoms with Crippen LogP contribution in [0.2, 0.25) is 0 Å². The molecule has 6 heteroatoms. The monoisotopic (exact) mass is 276 g/mol. The van der Waals surface area contributed by atoms with Gasteiger partial charge in [0.1, 0.15) is 5.82 Å². The Hall–Kier alpha value is -1.98. The Morgan fingerprint density at radius 1 is 0.842 bits per heavy atom. The molecule has 100 valence electrons. The van der Waals surface area contributed by atoms with E-state index in [1.165, 1.54) is 0 Å². The van der Waals surface area contributed by atoms with Gasteiger partial charge in [0.15, 0.2) is 11.6 Å². The zero-order chi connectivity index (χ0) is 14.2. The maximum atomic E-state index is 13.5. The molecular weight excluding hydrogens is 270 g/mol. The molecule has 0 N–H and O–H groups in total. The molecule has 0 aromatic heterocycles. The number of hydrogen-bond acceptors (Lipinski definition) is 0. The van der Waals surface area contributed by atoms with Gasteiger partial charge in [-0.3, -0.25) is 0 Å². The van der Waals surface area contributed by atoms with Gasteiger partial charge in [-0.05, 0) is 29.8 Å². The molecule has 19 heavy (non-hydrogen) atoms. The topological polar surface area (TPSA) is 0 Å². The van der Waals surface area contributed by atoms with Gasteiger partial charge in [0.05, 0.1) is 5.56 Å². The third kappa shape index (κ3) is 2.72. The zero-order valence-electron chi connectivity index (χ0n) is 9.23. The molecule has 0 atom stereocenters. The van der Waals surface area contributed by atoms with Gasteiger partial charge in [-0.15, -0.1) is 0 Å². The molecule has 0 fully saturated rings. The Morgan fingerprint density at radius 2 is 1.53 bits per heavy atom. The highest BCUT2D eigenvalue weighted by molar-refractivity contribution is 5.65. The lowest BCUT2D eigenvalue weighted by Crippen LogP contribution is -2.06. The Balaban J connectivity index is 2.63. The highest BCUT2D eigenvalue weighted by Gasteiger charge is 2.31. The van der Waals surface area contributed by atoms with Crippen LogP contribution in [0.15, 0.2) is 36.4 Å². The molecule has 0 saturated heterocycles. The van der Waals surface area contributed by atoms with Gasteiger partial charge in [-0.2, -0.15) is 13.2 Å². The lowest BCUT2D eigenvalue weighted by Gasteiger charge is -2.10. The maximum Gasteiger partial charge on any atom is 0.416 e. The molecule has 2 rings (SSSR count). The standard InChI is InChI=1S/C13H6F6/c14-9-5-7(4-8(6-9)13(17,18)19)10-2-1-3-11(15)12(10)16/h1-6H. The highest BCUT2D eigenvalue weighted by Crippen LogP contribution is 2.34. The molecular formula is C13H6F6. The molecule has 0 radical (unpaired) electrons. The second-order valence-corrected chi connectivity index (χ2v) is 3.83. The van der Waals surface area contributed by atoms with E-state index in [-0.39, 0.29) is 5.56 Å². The van der Waals surface area contributed by atoms with E-state index in [0.29, 0.717) is 18.2 Å². The summed E-state index contributed by atoms with van der Waals surface area (Å²) in [5.41, 5.74) is -2.06. The second-order valence-electron chi connectivity index (χ2n) is 3.83. The third-order valence-electron chi connectivity index (χ3n) is 2.49. The number of hydrogen-bond donors (Lipinski definition) is 0. The second kappa shape index (κ2) is 4.60. The molecule has 0 nitrogen and oxygen atoms in total. The zero-order valence-corrected chi connectivity index (χ0v) is 9.23. The SMILES string of the molecule is Fc1cc(-c2cccc(F)c2F)cc(C(F)(F)F)c1. The van der Waals surface area contributed by atoms with Crippen LogP contribution in [-0.4, -0.2) is 0 Å². The van der Waals surface area contributed by atoms with Crippen molar-refractivity contribution in [3.8, 4) is 11.1 Å². The van der Waals surface area contributed by atoms with Crippen LogP contribution in [0.5, 0.6) is 0 Å². The van der Waals surface area contributed by atoms with Crippen molar-refractivity contribution < 1.29 is 26.3 Å². The maximum absolute atomic E-state index is 13.5. The number of halogens is 6. The molecule has 2 aromatic rings. The van der Waals surface area contributed by atoms with Gasteiger partial charge >= 0.3 is 6.18 Å². The van der Waals surface area contributed by atoms with Crippen molar-refractivity contribution in [1.29, 1.82) is 0 Å². The van der Waals surface area contributed by atoms with Gasteiger partial charge in [0.2, 0.25) is 0 Å². The Morgan fingerprint density at radius 3 is 2.16 bits per heavy atom. The molecule has 0 heterocycles. The van der Waals surface area contributed by atoms with Crippen LogP contribution in [0.4, 0.5) is 26.3 Å². The summed E-state index contributed by atoms with van der Waals surface area (Å²) in [5.74, 6) is -3.70. The Kier molecular flexibility index (Phi) is 3.26. The van der Waals surface area contributed by atoms with Crippen molar-refractivity contribution >= 4 is 0 Å². The summed E-state index contributed by atoms with van der Waals surface area (Å²) in [6.07, 6.45) is -4.76. The van der Waals surface area contributed by atoms with Gasteiger partial charge < -0.3 is 0 Å². The molecule has 0 unspecified atom stereocenters. The van der Waals surface area contributed by atoms with E-state index in [1.807, 2.05) is 0 Å². The molecule has 2 aromatic carbocycles. The summed E-state index contributed by atoms with van der Waals surface area (Å²) in [4.78, 5) is 0. The van der Waals surface area contributed by atoms with Gasteiger partial charge in [-0.1, -0.05) is 12.1 Å². The normalized spacial score (nSPS) is 11.7. The van der Waals surface area contributed by atoms with Gasteiger partial charge in [0, 0.05) is 5.56 Å². The van der Waals surface area contributed by atoms with Crippen molar-refractivity contribution in [3.05, 3.63) is 59.4 Å². The summed E-state index contributed by atoms with van der Waals surface area (Å²) in [7, 11) is 0. The molecule has 0 bridgehead atoms. The summed E-state index contributed by atoms with van der Waals surface area (Å²) in [5, 5.41) is 0. The first-order valence-corrected chi connectivity index (χ1v) is 5.11. The first-order chi connectivity index (χ1) is 8.79. The summed E-state index contributed by atoms with van der Waals surface area (Å²) >= 11 is 0. The van der Waals surface area contributed by atoms with E-state index in [2.05, 4.69) is 0 Å². The van der Waals surface area contributed by atoms with Crippen molar-refractivity contribution in [2.24, 2.45) is 0 Å². The molecule has 0 aliphatic rings. The van der Waals surface area contributed by atoms with E-state index >= 15 is 0 Å². The molecule has 0 spiro atoms. The van der Waals surface area contributed by atoms with Gasteiger partial charge in [0.25, 0.3) is 0 Å². The molecule has 0 aliphatic heterocycles. The third-order valence-corrected chi connectivity index (χ3v) is 2.49. The Bertz CT molecular complexity index is 615. The highest BCUT2D eigenvalue weighted by atomic mass is 19.4. The number of benzene rings is 2. The van der Waals surface area contributed by atoms with Crippen LogP contribution >= 0.6 is 0 Å². The first-order valence-electron chi connectivity index (χ1n) is 5.11. The smallest absolute Gasteiger partial charge is 0.207 e. The van der Waals surface area contributed by atoms with Crippen molar-refractivity contribution in [3.63, 3.8) is 0 Å². The number of alkyl halides is 3. The van der Waals surface area contributed by atoms with Crippen LogP contribution in [0.1, 0.15) is 5.56 Å². The summed E-state index contributed by atoms with van der Waals surface area (Å²) in [6, 6.07) is 4.61. The molecule has 0 saturated carbocycles. The fourth-order valence-corrected chi connectivity index (χ4v) is 1.64. The lowest BCUT2D eigenvalue weighted by atomic mass is 10.0. The van der Waals surface area contributed by atoms with E-state index in [1.54, 1.807) is 0 Å². The van der Waals surface area contributed by atoms with Crippen LogP contribution in [0, 0.1) is 17.5 Å². The number of rotatable bonds is 1. The lowest BCUT2D eigenvalue weighted by molar-refractivity contribution is -0.137. The first kappa shape index (κ1) is 13.5. The molecule has 0 amide bonds. The van der Waals surface area contributed by atoms with Crippen LogP contribution in [-0.2, 0) is 6.18 Å². The fraction of sp³-hybridized carbons (Fsp3) is 0.0769. The van der Waals surface area contributed by atoms with E-state index in [9.17, 15) is 26.3 Å². The van der Waals surface area contributed by atoms with Gasteiger partial charge in [-0.25, -0.2) is 13.2 Å². The average molecular weight is 276 g/mol. The summed E-state index contributed by atoms with van der Waals surface area (Å²) in [6.45, 7) is 0. The van der Waals surface area contributed by atoms with E-state index < -0.39 is 34.8 Å². The van der Waals surface area contributed by atoms with Crippen LogP contribution < -0.4 is 0 Å². The van der Waals surface area contributed by atoms with Crippen LogP contribution in [0.25, 0.3) is 11.1 Å². The van der Waals surface area contributed by atoms with Crippen molar-refractivity contribution in [2.75, 3.05) is 0 Å². The predicted molar refractivity (Wildman–Crippen MR) is 56.8 cm³/mol. The van der Waals surface area contributed by atoms with Crippen molar-refractivity contribution in [2.45, 2.75) is 6.18 Å². The fourth-order valence-electron chi connectivity index (χ4n) is 1.64. The van der Waals surface area contributed by atoms with E-state index in [0.717, 1.165) is 18.2 Å². The van der Waals surface area contributed by atoms with Crippen LogP contribution in [0.3, 0.4) is 0 Å². The molecule has 0 aliphatic carbocycles. The average Bonchev–Trinajstić information content (AvgIpc) is 2.31. The van der Waals surface area contributed by atoms with E-state index in [4.69, 9.17) is 0 Å². The minimum atomic E-state index is -4.76. The minimum absolute atomic E-state index is 0.292. The quantitative estimate of drug-likeness (QED) is 0.657. The largest absolute Gasteiger partial charge is 0.416 e. The Labute approximate surface area is 104 Å². The predicted octanol–water partition coefficient (Wildman–Crippen LogP) is 4.79. The van der Waals surface area contributed by atoms with Crippen molar-refractivity contribution in [1.82, 2.24) is 0 Å². The summed E-state index contributed by atoms with van der Waals surface area (Å²) < 4.78 is 77.2.